The van der Waals surface area contributed by atoms with Crippen molar-refractivity contribution in [1.82, 2.24) is 15.3 Å². The largest absolute Gasteiger partial charge is 0.335 e. The lowest BCUT2D eigenvalue weighted by atomic mass is 10.1. The SMILES string of the molecule is CC(CCc1ccncc1)NC(=O)Nc1ccccn1. The number of rotatable bonds is 5. The van der Waals surface area contributed by atoms with Crippen LogP contribution in [0.15, 0.2) is 48.9 Å². The van der Waals surface area contributed by atoms with Crippen LogP contribution in [0.1, 0.15) is 18.9 Å². The summed E-state index contributed by atoms with van der Waals surface area (Å²) in [5, 5.41) is 5.59. The zero-order valence-corrected chi connectivity index (χ0v) is 11.4. The summed E-state index contributed by atoms with van der Waals surface area (Å²) in [5.41, 5.74) is 1.22. The molecule has 0 aliphatic rings. The Morgan fingerprint density at radius 2 is 2.00 bits per heavy atom. The van der Waals surface area contributed by atoms with Crippen molar-refractivity contribution in [2.24, 2.45) is 0 Å². The van der Waals surface area contributed by atoms with E-state index in [4.69, 9.17) is 0 Å². The Balaban J connectivity index is 1.74. The third kappa shape index (κ3) is 4.68. The van der Waals surface area contributed by atoms with E-state index in [1.54, 1.807) is 30.7 Å². The molecule has 0 fully saturated rings. The summed E-state index contributed by atoms with van der Waals surface area (Å²) >= 11 is 0. The number of carbonyl (C=O) groups is 1. The van der Waals surface area contributed by atoms with E-state index in [0.29, 0.717) is 5.82 Å². The van der Waals surface area contributed by atoms with E-state index in [1.165, 1.54) is 5.56 Å². The van der Waals surface area contributed by atoms with Gasteiger partial charge in [-0.15, -0.1) is 0 Å². The van der Waals surface area contributed by atoms with Crippen molar-refractivity contribution in [3.8, 4) is 0 Å². The molecule has 20 heavy (non-hydrogen) atoms. The van der Waals surface area contributed by atoms with Gasteiger partial charge in [0.25, 0.3) is 0 Å². The topological polar surface area (TPSA) is 66.9 Å². The van der Waals surface area contributed by atoms with Gasteiger partial charge in [0.2, 0.25) is 0 Å². The Kier molecular flexibility index (Phi) is 5.06. The highest BCUT2D eigenvalue weighted by molar-refractivity contribution is 5.88. The summed E-state index contributed by atoms with van der Waals surface area (Å²) < 4.78 is 0. The van der Waals surface area contributed by atoms with Gasteiger partial charge in [-0.3, -0.25) is 10.3 Å². The van der Waals surface area contributed by atoms with Gasteiger partial charge >= 0.3 is 6.03 Å². The van der Waals surface area contributed by atoms with E-state index in [1.807, 2.05) is 25.1 Å². The van der Waals surface area contributed by atoms with Crippen LogP contribution >= 0.6 is 0 Å². The number of nitrogens with zero attached hydrogens (tertiary/aromatic N) is 2. The fraction of sp³-hybridized carbons (Fsp3) is 0.267. The Morgan fingerprint density at radius 3 is 2.70 bits per heavy atom. The Labute approximate surface area is 118 Å². The molecule has 0 radical (unpaired) electrons. The van der Waals surface area contributed by atoms with E-state index in [2.05, 4.69) is 20.6 Å². The minimum absolute atomic E-state index is 0.0897. The number of urea groups is 1. The summed E-state index contributed by atoms with van der Waals surface area (Å²) in [6.45, 7) is 1.99. The smallest absolute Gasteiger partial charge is 0.320 e. The maximum absolute atomic E-state index is 11.8. The second kappa shape index (κ2) is 7.23. The first-order chi connectivity index (χ1) is 9.74. The summed E-state index contributed by atoms with van der Waals surface area (Å²) in [6, 6.07) is 9.22. The zero-order valence-electron chi connectivity index (χ0n) is 11.4. The van der Waals surface area contributed by atoms with Gasteiger partial charge in [0.1, 0.15) is 5.82 Å². The van der Waals surface area contributed by atoms with Gasteiger partial charge in [-0.2, -0.15) is 0 Å². The first-order valence-electron chi connectivity index (χ1n) is 6.61. The zero-order chi connectivity index (χ0) is 14.2. The molecule has 1 atom stereocenters. The number of hydrogen-bond donors (Lipinski definition) is 2. The number of nitrogens with one attached hydrogen (secondary N) is 2. The number of aromatic nitrogens is 2. The van der Waals surface area contributed by atoms with Crippen molar-refractivity contribution in [3.05, 3.63) is 54.5 Å². The van der Waals surface area contributed by atoms with Crippen molar-refractivity contribution >= 4 is 11.8 Å². The molecule has 2 aromatic heterocycles. The molecule has 0 bridgehead atoms. The summed E-state index contributed by atoms with van der Waals surface area (Å²) in [4.78, 5) is 19.8. The van der Waals surface area contributed by atoms with E-state index >= 15 is 0 Å². The Morgan fingerprint density at radius 1 is 1.20 bits per heavy atom. The lowest BCUT2D eigenvalue weighted by Gasteiger charge is -2.14. The van der Waals surface area contributed by atoms with E-state index in [0.717, 1.165) is 12.8 Å². The molecule has 2 heterocycles. The molecule has 0 spiro atoms. The monoisotopic (exact) mass is 270 g/mol. The normalized spacial score (nSPS) is 11.7. The first kappa shape index (κ1) is 14.0. The lowest BCUT2D eigenvalue weighted by Crippen LogP contribution is -2.36. The molecule has 0 saturated heterocycles. The Bertz CT molecular complexity index is 530. The van der Waals surface area contributed by atoms with Crippen molar-refractivity contribution < 1.29 is 4.79 Å². The highest BCUT2D eigenvalue weighted by Gasteiger charge is 2.07. The van der Waals surface area contributed by atoms with Crippen LogP contribution in [0.2, 0.25) is 0 Å². The van der Waals surface area contributed by atoms with E-state index in [-0.39, 0.29) is 12.1 Å². The quantitative estimate of drug-likeness (QED) is 0.877. The van der Waals surface area contributed by atoms with Crippen LogP contribution in [-0.2, 0) is 6.42 Å². The van der Waals surface area contributed by atoms with Crippen molar-refractivity contribution in [3.63, 3.8) is 0 Å². The average molecular weight is 270 g/mol. The summed E-state index contributed by atoms with van der Waals surface area (Å²) in [6.07, 6.45) is 6.98. The molecule has 5 nitrogen and oxygen atoms in total. The second-order valence-electron chi connectivity index (χ2n) is 4.61. The number of pyridine rings is 2. The van der Waals surface area contributed by atoms with Crippen molar-refractivity contribution in [1.29, 1.82) is 0 Å². The molecule has 5 heteroatoms. The van der Waals surface area contributed by atoms with Gasteiger partial charge in [0.05, 0.1) is 0 Å². The van der Waals surface area contributed by atoms with Gasteiger partial charge < -0.3 is 5.32 Å². The lowest BCUT2D eigenvalue weighted by molar-refractivity contribution is 0.248. The summed E-state index contributed by atoms with van der Waals surface area (Å²) in [5.74, 6) is 0.548. The van der Waals surface area contributed by atoms with Gasteiger partial charge in [-0.25, -0.2) is 9.78 Å². The van der Waals surface area contributed by atoms with Crippen LogP contribution in [0, 0.1) is 0 Å². The fourth-order valence-corrected chi connectivity index (χ4v) is 1.82. The molecular weight excluding hydrogens is 252 g/mol. The summed E-state index contributed by atoms with van der Waals surface area (Å²) in [7, 11) is 0. The molecule has 2 amide bonds. The molecule has 1 unspecified atom stereocenters. The number of carbonyl (C=O) groups excluding carboxylic acids is 1. The van der Waals surface area contributed by atoms with E-state index < -0.39 is 0 Å². The highest BCUT2D eigenvalue weighted by atomic mass is 16.2. The number of aryl methyl sites for hydroxylation is 1. The average Bonchev–Trinajstić information content (AvgIpc) is 2.47. The number of amides is 2. The third-order valence-corrected chi connectivity index (χ3v) is 2.90. The molecule has 2 rings (SSSR count). The van der Waals surface area contributed by atoms with Crippen LogP contribution in [0.25, 0.3) is 0 Å². The van der Waals surface area contributed by atoms with Crippen LogP contribution in [-0.4, -0.2) is 22.0 Å². The fourth-order valence-electron chi connectivity index (χ4n) is 1.82. The molecule has 104 valence electrons. The third-order valence-electron chi connectivity index (χ3n) is 2.90. The minimum atomic E-state index is -0.231. The highest BCUT2D eigenvalue weighted by Crippen LogP contribution is 2.04. The number of anilines is 1. The standard InChI is InChI=1S/C15H18N4O/c1-12(5-6-13-7-10-16-11-8-13)18-15(20)19-14-4-2-3-9-17-14/h2-4,7-12H,5-6H2,1H3,(H2,17,18,19,20). The minimum Gasteiger partial charge on any atom is -0.335 e. The molecule has 0 aliphatic heterocycles. The first-order valence-corrected chi connectivity index (χ1v) is 6.61. The van der Waals surface area contributed by atoms with Gasteiger partial charge in [0, 0.05) is 24.6 Å². The molecule has 0 aliphatic carbocycles. The van der Waals surface area contributed by atoms with Crippen LogP contribution in [0.5, 0.6) is 0 Å². The second-order valence-corrected chi connectivity index (χ2v) is 4.61. The molecule has 0 saturated carbocycles. The predicted molar refractivity (Wildman–Crippen MR) is 78.4 cm³/mol. The molecule has 0 aromatic carbocycles. The maximum Gasteiger partial charge on any atom is 0.320 e. The molecular formula is C15H18N4O. The van der Waals surface area contributed by atoms with Gasteiger partial charge in [-0.1, -0.05) is 6.07 Å². The van der Waals surface area contributed by atoms with Crippen LogP contribution in [0.4, 0.5) is 10.6 Å². The van der Waals surface area contributed by atoms with Gasteiger partial charge in [-0.05, 0) is 49.6 Å². The molecule has 2 N–H and O–H groups in total. The van der Waals surface area contributed by atoms with Crippen LogP contribution in [0.3, 0.4) is 0 Å². The number of hydrogen-bond acceptors (Lipinski definition) is 3. The maximum atomic E-state index is 11.8. The van der Waals surface area contributed by atoms with Crippen molar-refractivity contribution in [2.75, 3.05) is 5.32 Å². The van der Waals surface area contributed by atoms with E-state index in [9.17, 15) is 4.79 Å². The van der Waals surface area contributed by atoms with Crippen LogP contribution < -0.4 is 10.6 Å². The van der Waals surface area contributed by atoms with Crippen molar-refractivity contribution in [2.45, 2.75) is 25.8 Å². The molecule has 2 aromatic rings. The Hall–Kier alpha value is -2.43. The predicted octanol–water partition coefficient (Wildman–Crippen LogP) is 2.62. The van der Waals surface area contributed by atoms with Gasteiger partial charge in [0.15, 0.2) is 0 Å².